The summed E-state index contributed by atoms with van der Waals surface area (Å²) in [5, 5.41) is 0. The first-order valence-corrected chi connectivity index (χ1v) is 14.9. The molecule has 1 aliphatic rings. The van der Waals surface area contributed by atoms with Gasteiger partial charge in [-0.3, -0.25) is 0 Å². The summed E-state index contributed by atoms with van der Waals surface area (Å²) in [5.74, 6) is 0. The quantitative estimate of drug-likeness (QED) is 0.199. The first-order valence-electron chi connectivity index (χ1n) is 6.31. The average Bonchev–Trinajstić information content (AvgIpc) is 2.74. The molecule has 6 N–H and O–H groups in total. The molecule has 0 aromatic rings. The van der Waals surface area contributed by atoms with Gasteiger partial charge in [0.15, 0.2) is 0 Å². The van der Waals surface area contributed by atoms with Crippen LogP contribution in [0.1, 0.15) is 12.8 Å². The van der Waals surface area contributed by atoms with Crippen molar-refractivity contribution in [3.05, 3.63) is 26.5 Å². The molecule has 0 aliphatic carbocycles. The van der Waals surface area contributed by atoms with E-state index in [1.807, 2.05) is 9.80 Å². The van der Waals surface area contributed by atoms with Crippen molar-refractivity contribution < 1.29 is 43.9 Å². The van der Waals surface area contributed by atoms with Gasteiger partial charge >= 0.3 is 52.1 Å². The molecule has 0 aromatic heterocycles. The molecule has 1 heterocycles. The third kappa shape index (κ3) is 17.4. The monoisotopic (exact) mass is 496 g/mol. The summed E-state index contributed by atoms with van der Waals surface area (Å²) >= 11 is -0.346. The van der Waals surface area contributed by atoms with Crippen LogP contribution in [0.2, 0.25) is 12.1 Å². The molecule has 0 fully saturated rings. The van der Waals surface area contributed by atoms with Crippen LogP contribution in [-0.2, 0) is 15.1 Å². The van der Waals surface area contributed by atoms with E-state index in [0.29, 0.717) is 25.9 Å². The van der Waals surface area contributed by atoms with Crippen molar-refractivity contribution in [2.45, 2.75) is 24.9 Å². The Kier molecular flexibility index (Phi) is 14.7. The number of nitrogens with zero attached hydrogens (tertiary/aromatic N) is 2. The summed E-state index contributed by atoms with van der Waals surface area (Å²) in [5.41, 5.74) is 0. The predicted octanol–water partition coefficient (Wildman–Crippen LogP) is -0.367. The zero-order valence-corrected chi connectivity index (χ0v) is 17.9. The summed E-state index contributed by atoms with van der Waals surface area (Å²) in [6.45, 7) is 2.91. The molecule has 23 heavy (non-hydrogen) atoms. The molecule has 0 radical (unpaired) electrons. The molecule has 1 rings (SSSR count). The number of halogens is 2. The molecular weight excluding hydrogens is 472 g/mol. The summed E-state index contributed by atoms with van der Waals surface area (Å²) in [6.07, 6.45) is 4.53. The zero-order chi connectivity index (χ0) is 17.2. The van der Waals surface area contributed by atoms with Crippen LogP contribution in [0.5, 0.6) is 0 Å². The Balaban J connectivity index is 0. The van der Waals surface area contributed by atoms with Gasteiger partial charge in [-0.05, 0) is 38.3 Å². The van der Waals surface area contributed by atoms with E-state index in [9.17, 15) is 0 Å². The van der Waals surface area contributed by atoms with Crippen LogP contribution in [0, 0.1) is 14.1 Å². The van der Waals surface area contributed by atoms with Crippen LogP contribution in [0.4, 0.5) is 0 Å². The summed E-state index contributed by atoms with van der Waals surface area (Å²) < 4.78 is 0. The summed E-state index contributed by atoms with van der Waals surface area (Å²) in [7, 11) is 1.82. The fourth-order valence-electron chi connectivity index (χ4n) is 1.70. The molecule has 0 atom stereocenters. The van der Waals surface area contributed by atoms with Crippen molar-refractivity contribution in [1.82, 2.24) is 9.80 Å². The topological polar surface area (TPSA) is 128 Å². The molecule has 0 unspecified atom stereocenters. The molecular formula is C10H24Cl2N2O6RuSi2. The van der Waals surface area contributed by atoms with E-state index < -0.39 is 17.6 Å². The average molecular weight is 496 g/mol. The first-order chi connectivity index (χ1) is 10.1. The van der Waals surface area contributed by atoms with Crippen LogP contribution in [-0.4, -0.2) is 69.3 Å². The molecule has 0 amide bonds. The minimum absolute atomic E-state index is 0. The van der Waals surface area contributed by atoms with Crippen molar-refractivity contribution in [2.24, 2.45) is 0 Å². The fourth-order valence-corrected chi connectivity index (χ4v) is 2.97. The van der Waals surface area contributed by atoms with Crippen molar-refractivity contribution >= 4 is 37.0 Å². The Bertz CT molecular complexity index is 305. The summed E-state index contributed by atoms with van der Waals surface area (Å²) in [6, 6.07) is -0.00231. The van der Waals surface area contributed by atoms with Gasteiger partial charge in [-0.2, -0.15) is 6.67 Å². The maximum absolute atomic E-state index is 8.86. The van der Waals surface area contributed by atoms with E-state index in [4.69, 9.17) is 48.2 Å². The standard InChI is InChI=1S/C9H21N2O6Si2.CH3.2ClH.Ru/c12-18(13,14)7-1-3-10-5-6-11(9-10)4-2-8-19(15,16)17;;;;/h5-6,9,12-17H,1-4,7-8H2;1H3;2*1H;/q2*-1;;;+4/p-2. The SMILES string of the molecule is O[Si](O)(O)CCCN1C=CN(CCC[Si](O)(O)O)[CH-]1.[CH3-].[Cl][Ru+2][Cl]. The van der Waals surface area contributed by atoms with Gasteiger partial charge in [0.05, 0.1) is 0 Å². The molecule has 140 valence electrons. The molecule has 1 aliphatic heterocycles. The second-order valence-electron chi connectivity index (χ2n) is 4.70. The van der Waals surface area contributed by atoms with Crippen molar-refractivity contribution in [2.75, 3.05) is 13.1 Å². The second-order valence-corrected chi connectivity index (χ2v) is 11.4. The first kappa shape index (κ1) is 26.0. The molecule has 0 saturated carbocycles. The van der Waals surface area contributed by atoms with Crippen LogP contribution >= 0.6 is 19.4 Å². The van der Waals surface area contributed by atoms with Crippen molar-refractivity contribution in [3.63, 3.8) is 0 Å². The fraction of sp³-hybridized carbons (Fsp3) is 0.600. The number of hydrogen-bond acceptors (Lipinski definition) is 8. The minimum atomic E-state index is -3.95. The Morgan fingerprint density at radius 1 is 0.826 bits per heavy atom. The van der Waals surface area contributed by atoms with E-state index >= 15 is 0 Å². The molecule has 0 spiro atoms. The second kappa shape index (κ2) is 13.0. The van der Waals surface area contributed by atoms with Gasteiger partial charge in [0, 0.05) is 12.1 Å². The Morgan fingerprint density at radius 3 is 1.39 bits per heavy atom. The molecule has 0 aromatic carbocycles. The predicted molar refractivity (Wildman–Crippen MR) is 88.6 cm³/mol. The Morgan fingerprint density at radius 2 is 1.13 bits per heavy atom. The van der Waals surface area contributed by atoms with Crippen LogP contribution in [0.3, 0.4) is 0 Å². The Hall–Kier alpha value is 0.737. The van der Waals surface area contributed by atoms with Gasteiger partial charge in [-0.15, -0.1) is 0 Å². The number of rotatable bonds is 8. The molecule has 0 saturated heterocycles. The van der Waals surface area contributed by atoms with Gasteiger partial charge in [0.25, 0.3) is 0 Å². The van der Waals surface area contributed by atoms with Crippen molar-refractivity contribution in [1.29, 1.82) is 0 Å². The van der Waals surface area contributed by atoms with E-state index in [1.165, 1.54) is 0 Å². The van der Waals surface area contributed by atoms with Crippen LogP contribution in [0.15, 0.2) is 12.4 Å². The van der Waals surface area contributed by atoms with E-state index in [-0.39, 0.29) is 34.7 Å². The van der Waals surface area contributed by atoms with Gasteiger partial charge in [0.2, 0.25) is 0 Å². The molecule has 8 nitrogen and oxygen atoms in total. The summed E-state index contributed by atoms with van der Waals surface area (Å²) in [4.78, 5) is 56.8. The third-order valence-corrected chi connectivity index (χ3v) is 4.65. The van der Waals surface area contributed by atoms with Gasteiger partial charge in [0.1, 0.15) is 0 Å². The van der Waals surface area contributed by atoms with Crippen LogP contribution < -0.4 is 0 Å². The molecule has 13 heteroatoms. The maximum atomic E-state index is 8.86. The normalized spacial score (nSPS) is 14.4. The van der Waals surface area contributed by atoms with Gasteiger partial charge < -0.3 is 46.0 Å². The zero-order valence-electron chi connectivity index (χ0n) is 12.7. The molecule has 0 bridgehead atoms. The Labute approximate surface area is 155 Å². The van der Waals surface area contributed by atoms with Gasteiger partial charge in [-0.25, -0.2) is 0 Å². The number of hydrogen-bond donors (Lipinski definition) is 6. The van der Waals surface area contributed by atoms with Crippen molar-refractivity contribution in [3.8, 4) is 0 Å². The van der Waals surface area contributed by atoms with Gasteiger partial charge in [-0.1, -0.05) is 0 Å². The van der Waals surface area contributed by atoms with E-state index in [2.05, 4.69) is 0 Å². The third-order valence-electron chi connectivity index (χ3n) is 2.60. The van der Waals surface area contributed by atoms with E-state index in [1.54, 1.807) is 19.1 Å². The van der Waals surface area contributed by atoms with E-state index in [0.717, 1.165) is 0 Å². The van der Waals surface area contributed by atoms with Crippen LogP contribution in [0.25, 0.3) is 0 Å².